The molecule has 0 aliphatic carbocycles. The first-order valence-electron chi connectivity index (χ1n) is 6.53. The lowest BCUT2D eigenvalue weighted by molar-refractivity contribution is 0.882. The molecule has 0 amide bonds. The highest BCUT2D eigenvalue weighted by Gasteiger charge is 2.11. The first-order chi connectivity index (χ1) is 9.52. The lowest BCUT2D eigenvalue weighted by atomic mass is 10.1. The smallest absolute Gasteiger partial charge is 0.126 e. The van der Waals surface area contributed by atoms with Gasteiger partial charge >= 0.3 is 0 Å². The standard InChI is InChI=1S/C16H17N3S/c1-10-6-11(2)8-13(7-10)19-9-14(17)16(18-19)15-5-4-12(3)20-15/h4-9H,17H2,1-3H3. The number of aryl methyl sites for hydroxylation is 3. The van der Waals surface area contributed by atoms with Crippen LogP contribution in [0.25, 0.3) is 16.3 Å². The highest BCUT2D eigenvalue weighted by molar-refractivity contribution is 7.15. The number of thiophene rings is 1. The number of hydrogen-bond acceptors (Lipinski definition) is 3. The van der Waals surface area contributed by atoms with Gasteiger partial charge in [0.25, 0.3) is 0 Å². The Labute approximate surface area is 122 Å². The van der Waals surface area contributed by atoms with Crippen LogP contribution < -0.4 is 5.73 Å². The fourth-order valence-electron chi connectivity index (χ4n) is 2.36. The third kappa shape index (κ3) is 2.34. The second-order valence-electron chi connectivity index (χ2n) is 5.13. The van der Waals surface area contributed by atoms with Crippen LogP contribution in [0.5, 0.6) is 0 Å². The van der Waals surface area contributed by atoms with Crippen LogP contribution in [0.15, 0.2) is 36.5 Å². The molecule has 4 heteroatoms. The van der Waals surface area contributed by atoms with E-state index in [1.807, 2.05) is 10.9 Å². The van der Waals surface area contributed by atoms with Crippen molar-refractivity contribution < 1.29 is 0 Å². The lowest BCUT2D eigenvalue weighted by Crippen LogP contribution is -1.96. The average molecular weight is 283 g/mol. The van der Waals surface area contributed by atoms with Crippen molar-refractivity contribution in [1.82, 2.24) is 9.78 Å². The summed E-state index contributed by atoms with van der Waals surface area (Å²) >= 11 is 1.71. The number of nitrogens with two attached hydrogens (primary N) is 1. The SMILES string of the molecule is Cc1cc(C)cc(-n2cc(N)c(-c3ccc(C)s3)n2)c1. The van der Waals surface area contributed by atoms with Crippen LogP contribution in [-0.4, -0.2) is 9.78 Å². The number of benzene rings is 1. The molecule has 0 aliphatic rings. The van der Waals surface area contributed by atoms with Gasteiger partial charge in [0.2, 0.25) is 0 Å². The van der Waals surface area contributed by atoms with Crippen LogP contribution in [-0.2, 0) is 0 Å². The summed E-state index contributed by atoms with van der Waals surface area (Å²) in [5.74, 6) is 0. The number of aromatic nitrogens is 2. The van der Waals surface area contributed by atoms with E-state index >= 15 is 0 Å². The lowest BCUT2D eigenvalue weighted by Gasteiger charge is -2.04. The van der Waals surface area contributed by atoms with Gasteiger partial charge < -0.3 is 5.73 Å². The Kier molecular flexibility index (Phi) is 3.10. The van der Waals surface area contributed by atoms with Crippen molar-refractivity contribution in [1.29, 1.82) is 0 Å². The molecule has 3 nitrogen and oxygen atoms in total. The van der Waals surface area contributed by atoms with Crippen LogP contribution >= 0.6 is 11.3 Å². The first-order valence-corrected chi connectivity index (χ1v) is 7.35. The topological polar surface area (TPSA) is 43.8 Å². The molecular weight excluding hydrogens is 266 g/mol. The van der Waals surface area contributed by atoms with Gasteiger partial charge in [-0.1, -0.05) is 6.07 Å². The normalized spacial score (nSPS) is 10.9. The van der Waals surface area contributed by atoms with Crippen LogP contribution in [0.1, 0.15) is 16.0 Å². The summed E-state index contributed by atoms with van der Waals surface area (Å²) < 4.78 is 1.86. The van der Waals surface area contributed by atoms with Gasteiger partial charge in [-0.25, -0.2) is 4.68 Å². The molecule has 3 rings (SSSR count). The molecule has 3 aromatic rings. The molecule has 2 heterocycles. The highest BCUT2D eigenvalue weighted by atomic mass is 32.1. The quantitative estimate of drug-likeness (QED) is 0.769. The molecule has 0 unspecified atom stereocenters. The highest BCUT2D eigenvalue weighted by Crippen LogP contribution is 2.31. The zero-order valence-electron chi connectivity index (χ0n) is 11.8. The van der Waals surface area contributed by atoms with Crippen molar-refractivity contribution in [2.45, 2.75) is 20.8 Å². The Morgan fingerprint density at radius 1 is 1.05 bits per heavy atom. The maximum Gasteiger partial charge on any atom is 0.126 e. The van der Waals surface area contributed by atoms with E-state index < -0.39 is 0 Å². The van der Waals surface area contributed by atoms with Gasteiger partial charge in [-0.2, -0.15) is 5.10 Å². The maximum absolute atomic E-state index is 6.12. The summed E-state index contributed by atoms with van der Waals surface area (Å²) in [6.07, 6.45) is 1.89. The summed E-state index contributed by atoms with van der Waals surface area (Å²) in [6, 6.07) is 10.5. The van der Waals surface area contributed by atoms with E-state index in [0.717, 1.165) is 16.3 Å². The number of hydrogen-bond donors (Lipinski definition) is 1. The van der Waals surface area contributed by atoms with Gasteiger partial charge in [0, 0.05) is 4.88 Å². The van der Waals surface area contributed by atoms with Crippen LogP contribution in [0.4, 0.5) is 5.69 Å². The van der Waals surface area contributed by atoms with Gasteiger partial charge in [-0.15, -0.1) is 11.3 Å². The summed E-state index contributed by atoms with van der Waals surface area (Å²) in [7, 11) is 0. The zero-order valence-corrected chi connectivity index (χ0v) is 12.7. The Balaban J connectivity index is 2.08. The van der Waals surface area contributed by atoms with Crippen molar-refractivity contribution in [3.63, 3.8) is 0 Å². The van der Waals surface area contributed by atoms with Crippen molar-refractivity contribution in [2.75, 3.05) is 5.73 Å². The predicted molar refractivity (Wildman–Crippen MR) is 85.5 cm³/mol. The summed E-state index contributed by atoms with van der Waals surface area (Å²) in [5.41, 5.74) is 11.2. The van der Waals surface area contributed by atoms with Crippen LogP contribution in [0, 0.1) is 20.8 Å². The molecule has 0 spiro atoms. The fraction of sp³-hybridized carbons (Fsp3) is 0.188. The Bertz CT molecular complexity index is 748. The van der Waals surface area contributed by atoms with Crippen molar-refractivity contribution in [3.8, 4) is 16.3 Å². The molecular formula is C16H17N3S. The fourth-order valence-corrected chi connectivity index (χ4v) is 3.23. The number of nitrogens with zero attached hydrogens (tertiary/aromatic N) is 2. The molecule has 0 saturated heterocycles. The largest absolute Gasteiger partial charge is 0.396 e. The average Bonchev–Trinajstić information content (AvgIpc) is 2.94. The maximum atomic E-state index is 6.12. The minimum Gasteiger partial charge on any atom is -0.396 e. The molecule has 2 N–H and O–H groups in total. The third-order valence-electron chi connectivity index (χ3n) is 3.19. The molecule has 0 saturated carbocycles. The van der Waals surface area contributed by atoms with E-state index in [-0.39, 0.29) is 0 Å². The second-order valence-corrected chi connectivity index (χ2v) is 6.42. The third-order valence-corrected chi connectivity index (χ3v) is 4.19. The van der Waals surface area contributed by atoms with Crippen LogP contribution in [0.3, 0.4) is 0 Å². The van der Waals surface area contributed by atoms with E-state index in [1.54, 1.807) is 11.3 Å². The number of rotatable bonds is 2. The van der Waals surface area contributed by atoms with Gasteiger partial charge in [0.15, 0.2) is 0 Å². The molecule has 0 atom stereocenters. The Hall–Kier alpha value is -2.07. The van der Waals surface area contributed by atoms with Gasteiger partial charge in [-0.05, 0) is 56.2 Å². The van der Waals surface area contributed by atoms with Crippen molar-refractivity contribution >= 4 is 17.0 Å². The Morgan fingerprint density at radius 2 is 1.75 bits per heavy atom. The molecule has 2 aromatic heterocycles. The summed E-state index contributed by atoms with van der Waals surface area (Å²) in [5, 5.41) is 4.65. The Morgan fingerprint density at radius 3 is 2.35 bits per heavy atom. The first kappa shape index (κ1) is 12.9. The molecule has 102 valence electrons. The van der Waals surface area contributed by atoms with E-state index in [0.29, 0.717) is 5.69 Å². The zero-order chi connectivity index (χ0) is 14.3. The molecule has 1 aromatic carbocycles. The van der Waals surface area contributed by atoms with E-state index in [2.05, 4.69) is 56.2 Å². The number of anilines is 1. The predicted octanol–water partition coefficient (Wildman–Crippen LogP) is 4.11. The molecule has 0 fully saturated rings. The van der Waals surface area contributed by atoms with Gasteiger partial charge in [0.1, 0.15) is 5.69 Å². The van der Waals surface area contributed by atoms with Gasteiger partial charge in [0.05, 0.1) is 22.4 Å². The van der Waals surface area contributed by atoms with Crippen molar-refractivity contribution in [2.24, 2.45) is 0 Å². The molecule has 0 bridgehead atoms. The van der Waals surface area contributed by atoms with E-state index in [4.69, 9.17) is 5.73 Å². The minimum atomic E-state index is 0.714. The number of nitrogen functional groups attached to an aromatic ring is 1. The van der Waals surface area contributed by atoms with Gasteiger partial charge in [-0.3, -0.25) is 0 Å². The minimum absolute atomic E-state index is 0.714. The van der Waals surface area contributed by atoms with E-state index in [9.17, 15) is 0 Å². The monoisotopic (exact) mass is 283 g/mol. The molecule has 20 heavy (non-hydrogen) atoms. The van der Waals surface area contributed by atoms with Crippen molar-refractivity contribution in [3.05, 3.63) is 52.5 Å². The summed E-state index contributed by atoms with van der Waals surface area (Å²) in [4.78, 5) is 2.38. The van der Waals surface area contributed by atoms with Crippen LogP contribution in [0.2, 0.25) is 0 Å². The molecule has 0 aliphatic heterocycles. The summed E-state index contributed by atoms with van der Waals surface area (Å²) in [6.45, 7) is 6.27. The second kappa shape index (κ2) is 4.80. The van der Waals surface area contributed by atoms with E-state index in [1.165, 1.54) is 16.0 Å². The molecule has 0 radical (unpaired) electrons.